The van der Waals surface area contributed by atoms with E-state index in [1.807, 2.05) is 12.1 Å². The van der Waals surface area contributed by atoms with E-state index in [1.165, 1.54) is 39.7 Å². The summed E-state index contributed by atoms with van der Waals surface area (Å²) in [6, 6.07) is 11.3. The summed E-state index contributed by atoms with van der Waals surface area (Å²) in [5.41, 5.74) is 8.59. The fraction of sp³-hybridized carbons (Fsp3) is 0.545. The molecule has 3 aromatic rings. The molecule has 2 aromatic carbocycles. The standard InChI is InChI=1S/C23H26N2O4.C21H27NO2/c1-27-16-8-14-15(9-17(16)28-2)25-20(26)10-18-21-13-7-19-23(14,22(21)25)4-5-24(19)11-12(13)3-6-29-18;1-4-8-15-11-12-21(6-3,13-17(23)24)20-18(15)16-10-7-9-14(5-2)19(16)22-20/h3,8-9,13,18-19,21-22H,4-7,10-11H2,1-2H3;4,7,9-10,15,22H,1,5-6,8,11-13H2,2-3H3,(H,23,24)/t13-,18-,19-,21-,22-,23+;15-,21-/m01/s1. The highest BCUT2D eigenvalue weighted by molar-refractivity contribution is 6.00. The van der Waals surface area contributed by atoms with Gasteiger partial charge >= 0.3 is 5.97 Å². The van der Waals surface area contributed by atoms with Crippen molar-refractivity contribution in [1.82, 2.24) is 9.88 Å². The van der Waals surface area contributed by atoms with E-state index in [0.717, 1.165) is 63.1 Å². The zero-order valence-corrected chi connectivity index (χ0v) is 31.6. The number of aliphatic carboxylic acids is 1. The highest BCUT2D eigenvalue weighted by atomic mass is 16.5. The lowest BCUT2D eigenvalue weighted by Gasteiger charge is -2.58. The van der Waals surface area contributed by atoms with Gasteiger partial charge in [-0.05, 0) is 86.1 Å². The number of amides is 1. The van der Waals surface area contributed by atoms with Crippen LogP contribution in [-0.4, -0.2) is 79.0 Å². The molecule has 3 saturated heterocycles. The number of hydrogen-bond donors (Lipinski definition) is 2. The van der Waals surface area contributed by atoms with Gasteiger partial charge in [0, 0.05) is 52.0 Å². The van der Waals surface area contributed by atoms with Crippen molar-refractivity contribution in [3.05, 3.63) is 77.0 Å². The van der Waals surface area contributed by atoms with Gasteiger partial charge in [-0.2, -0.15) is 0 Å². The Morgan fingerprint density at radius 2 is 1.98 bits per heavy atom. The second-order valence-corrected chi connectivity index (χ2v) is 16.6. The van der Waals surface area contributed by atoms with Gasteiger partial charge in [0.2, 0.25) is 5.91 Å². The van der Waals surface area contributed by atoms with Gasteiger partial charge in [0.1, 0.15) is 0 Å². The molecule has 0 radical (unpaired) electrons. The number of allylic oxidation sites excluding steroid dienone is 1. The smallest absolute Gasteiger partial charge is 0.304 e. The van der Waals surface area contributed by atoms with Crippen molar-refractivity contribution in [1.29, 1.82) is 0 Å². The molecule has 9 nitrogen and oxygen atoms in total. The molecule has 6 heterocycles. The Balaban J connectivity index is 0.000000144. The molecule has 2 aliphatic carbocycles. The first-order valence-corrected chi connectivity index (χ1v) is 19.8. The van der Waals surface area contributed by atoms with Gasteiger partial charge in [0.25, 0.3) is 0 Å². The van der Waals surface area contributed by atoms with Gasteiger partial charge in [-0.1, -0.05) is 49.8 Å². The molecular formula is C44H53N3O6. The van der Waals surface area contributed by atoms with Crippen LogP contribution in [-0.2, 0) is 31.6 Å². The van der Waals surface area contributed by atoms with Crippen LogP contribution in [0.25, 0.3) is 10.9 Å². The number of aryl methyl sites for hydroxylation is 1. The van der Waals surface area contributed by atoms with Crippen molar-refractivity contribution in [3.8, 4) is 11.5 Å². The molecular weight excluding hydrogens is 666 g/mol. The average Bonchev–Trinajstić information content (AvgIpc) is 3.80. The second-order valence-electron chi connectivity index (χ2n) is 16.6. The molecule has 10 rings (SSSR count). The summed E-state index contributed by atoms with van der Waals surface area (Å²) in [5, 5.41) is 10.8. The zero-order valence-electron chi connectivity index (χ0n) is 31.6. The molecule has 53 heavy (non-hydrogen) atoms. The molecule has 0 unspecified atom stereocenters. The van der Waals surface area contributed by atoms with E-state index in [1.54, 1.807) is 19.8 Å². The molecule has 280 valence electrons. The quantitative estimate of drug-likeness (QED) is 0.234. The van der Waals surface area contributed by atoms with Crippen LogP contribution < -0.4 is 14.4 Å². The SMILES string of the molecule is C=CC[C@@H]1CC[C@](CC)(CC(=O)O)c2[nH]c3c(CC)cccc3c21.COc1cc2c(cc1OC)[C@@]13CCN4CC5=CCO[C@H]6CC(=O)N2[C@H]1[C@H]6[C@H]5C[C@H]43. The summed E-state index contributed by atoms with van der Waals surface area (Å²) in [4.78, 5) is 33.5. The van der Waals surface area contributed by atoms with Crippen molar-refractivity contribution in [2.45, 2.75) is 107 Å². The molecule has 9 heteroatoms. The van der Waals surface area contributed by atoms with Crippen molar-refractivity contribution in [3.63, 3.8) is 0 Å². The number of H-pyrrole nitrogens is 1. The summed E-state index contributed by atoms with van der Waals surface area (Å²) >= 11 is 0. The van der Waals surface area contributed by atoms with Crippen molar-refractivity contribution < 1.29 is 28.9 Å². The van der Waals surface area contributed by atoms with E-state index in [9.17, 15) is 14.7 Å². The van der Waals surface area contributed by atoms with Gasteiger partial charge in [-0.15, -0.1) is 6.58 Å². The molecule has 7 aliphatic rings. The number of ether oxygens (including phenoxy) is 3. The van der Waals surface area contributed by atoms with Gasteiger partial charge in [-0.25, -0.2) is 0 Å². The third-order valence-electron chi connectivity index (χ3n) is 14.7. The van der Waals surface area contributed by atoms with E-state index in [-0.39, 0.29) is 35.3 Å². The molecule has 1 amide bonds. The minimum absolute atomic E-state index is 0.0242. The Labute approximate surface area is 312 Å². The zero-order chi connectivity index (χ0) is 36.8. The minimum atomic E-state index is -0.709. The lowest BCUT2D eigenvalue weighted by molar-refractivity contribution is -0.139. The largest absolute Gasteiger partial charge is 0.493 e. The minimum Gasteiger partial charge on any atom is -0.493 e. The summed E-state index contributed by atoms with van der Waals surface area (Å²) < 4.78 is 17.6. The van der Waals surface area contributed by atoms with Crippen LogP contribution in [0.3, 0.4) is 0 Å². The number of para-hydroxylation sites is 1. The lowest BCUT2D eigenvalue weighted by Crippen LogP contribution is -2.69. The predicted octanol–water partition coefficient (Wildman–Crippen LogP) is 7.42. The maximum absolute atomic E-state index is 13.5. The molecule has 8 atom stereocenters. The number of fused-ring (bicyclic) bond motifs is 5. The number of piperidine rings is 2. The maximum atomic E-state index is 13.5. The number of aromatic nitrogens is 1. The number of hydrogen-bond acceptors (Lipinski definition) is 6. The summed E-state index contributed by atoms with van der Waals surface area (Å²) in [6.45, 7) is 11.0. The van der Waals surface area contributed by atoms with Crippen LogP contribution in [0.1, 0.15) is 93.5 Å². The van der Waals surface area contributed by atoms with Crippen molar-refractivity contribution >= 4 is 28.5 Å². The van der Waals surface area contributed by atoms with Crippen molar-refractivity contribution in [2.75, 3.05) is 38.8 Å². The highest BCUT2D eigenvalue weighted by Crippen LogP contribution is 2.66. The number of carbonyl (C=O) groups is 2. The summed E-state index contributed by atoms with van der Waals surface area (Å²) in [7, 11) is 3.36. The van der Waals surface area contributed by atoms with E-state index in [0.29, 0.717) is 42.6 Å². The topological polar surface area (TPSA) is 104 Å². The normalized spacial score (nSPS) is 32.9. The van der Waals surface area contributed by atoms with Crippen LogP contribution in [0.4, 0.5) is 5.69 Å². The average molecular weight is 720 g/mol. The highest BCUT2D eigenvalue weighted by Gasteiger charge is 2.71. The Kier molecular flexibility index (Phi) is 8.35. The molecule has 4 fully saturated rings. The Bertz CT molecular complexity index is 2030. The van der Waals surface area contributed by atoms with E-state index >= 15 is 0 Å². The number of methoxy groups -OCH3 is 2. The summed E-state index contributed by atoms with van der Waals surface area (Å²) in [6.07, 6.45) is 12.0. The number of nitrogens with one attached hydrogen (secondary N) is 1. The lowest BCUT2D eigenvalue weighted by atomic mass is 9.53. The first-order valence-electron chi connectivity index (χ1n) is 19.8. The first-order chi connectivity index (χ1) is 25.7. The Morgan fingerprint density at radius 3 is 2.72 bits per heavy atom. The number of carbonyl (C=O) groups excluding carboxylic acids is 1. The fourth-order valence-corrected chi connectivity index (χ4v) is 12.4. The second kappa shape index (κ2) is 12.8. The van der Waals surface area contributed by atoms with E-state index in [2.05, 4.69) is 65.6 Å². The van der Waals surface area contributed by atoms with Crippen molar-refractivity contribution in [2.24, 2.45) is 11.8 Å². The first kappa shape index (κ1) is 34.7. The molecule has 2 N–H and O–H groups in total. The van der Waals surface area contributed by atoms with Gasteiger partial charge in [0.15, 0.2) is 11.5 Å². The maximum Gasteiger partial charge on any atom is 0.304 e. The van der Waals surface area contributed by atoms with Gasteiger partial charge in [0.05, 0.1) is 51.5 Å². The molecule has 5 aliphatic heterocycles. The van der Waals surface area contributed by atoms with E-state index in [4.69, 9.17) is 14.2 Å². The predicted molar refractivity (Wildman–Crippen MR) is 205 cm³/mol. The number of carboxylic acids is 1. The fourth-order valence-electron chi connectivity index (χ4n) is 12.4. The summed E-state index contributed by atoms with van der Waals surface area (Å²) in [5.74, 6) is 2.30. The number of benzene rings is 2. The van der Waals surface area contributed by atoms with Crippen LogP contribution >= 0.6 is 0 Å². The Morgan fingerprint density at radius 1 is 1.17 bits per heavy atom. The van der Waals surface area contributed by atoms with Crippen LogP contribution in [0, 0.1) is 11.8 Å². The molecule has 2 bridgehead atoms. The monoisotopic (exact) mass is 719 g/mol. The molecule has 1 spiro atoms. The third-order valence-corrected chi connectivity index (χ3v) is 14.7. The van der Waals surface area contributed by atoms with Crippen LogP contribution in [0.2, 0.25) is 0 Å². The molecule has 1 aromatic heterocycles. The number of nitrogens with zero attached hydrogens (tertiary/aromatic N) is 2. The van der Waals surface area contributed by atoms with E-state index < -0.39 is 5.97 Å². The number of rotatable bonds is 8. The Hall–Kier alpha value is -4.08. The number of carboxylic acid groups (broad SMARTS) is 1. The third kappa shape index (κ3) is 4.81. The van der Waals surface area contributed by atoms with Gasteiger partial charge in [-0.3, -0.25) is 14.5 Å². The molecule has 1 saturated carbocycles. The van der Waals surface area contributed by atoms with Crippen LogP contribution in [0.15, 0.2) is 54.6 Å². The van der Waals surface area contributed by atoms with Gasteiger partial charge < -0.3 is 29.2 Å². The number of aromatic amines is 1. The number of anilines is 1. The van der Waals surface area contributed by atoms with Crippen LogP contribution in [0.5, 0.6) is 11.5 Å².